The molecule has 0 unspecified atom stereocenters. The van der Waals surface area contributed by atoms with E-state index in [0.29, 0.717) is 11.8 Å². The summed E-state index contributed by atoms with van der Waals surface area (Å²) in [6.07, 6.45) is 12.7. The first-order valence-corrected chi connectivity index (χ1v) is 13.7. The van der Waals surface area contributed by atoms with Crippen molar-refractivity contribution in [2.45, 2.75) is 57.8 Å². The highest BCUT2D eigenvalue weighted by molar-refractivity contribution is 7.09. The van der Waals surface area contributed by atoms with Gasteiger partial charge in [0.05, 0.1) is 17.6 Å². The van der Waals surface area contributed by atoms with Crippen molar-refractivity contribution < 1.29 is 14.6 Å². The van der Waals surface area contributed by atoms with E-state index in [2.05, 4.69) is 27.0 Å². The van der Waals surface area contributed by atoms with Crippen molar-refractivity contribution in [3.05, 3.63) is 52.6 Å². The first kappa shape index (κ1) is 25.6. The summed E-state index contributed by atoms with van der Waals surface area (Å²) in [5, 5.41) is 13.7. The van der Waals surface area contributed by atoms with E-state index in [-0.39, 0.29) is 6.42 Å². The number of carboxylic acid groups (broad SMARTS) is 1. The Bertz CT molecular complexity index is 1070. The van der Waals surface area contributed by atoms with E-state index < -0.39 is 5.97 Å². The molecule has 35 heavy (non-hydrogen) atoms. The lowest BCUT2D eigenvalue weighted by Gasteiger charge is -2.39. The van der Waals surface area contributed by atoms with Crippen LogP contribution < -0.4 is 4.74 Å². The smallest absolute Gasteiger partial charge is 0.303 e. The number of thiazole rings is 1. The summed E-state index contributed by atoms with van der Waals surface area (Å²) in [5.41, 5.74) is 2.32. The summed E-state index contributed by atoms with van der Waals surface area (Å²) >= 11 is 1.74. The quantitative estimate of drug-likeness (QED) is 0.300. The van der Waals surface area contributed by atoms with Gasteiger partial charge in [-0.15, -0.1) is 11.3 Å². The highest BCUT2D eigenvalue weighted by atomic mass is 32.1. The molecule has 0 saturated carbocycles. The van der Waals surface area contributed by atoms with Gasteiger partial charge in [0.2, 0.25) is 0 Å². The number of hydrogen-bond acceptors (Lipinski definition) is 6. The number of benzene rings is 1. The summed E-state index contributed by atoms with van der Waals surface area (Å²) in [5.74, 6) is 1.25. The van der Waals surface area contributed by atoms with E-state index >= 15 is 0 Å². The fraction of sp³-hybridized carbons (Fsp3) is 0.536. The third kappa shape index (κ3) is 7.48. The average Bonchev–Trinajstić information content (AvgIpc) is 3.39. The Morgan fingerprint density at radius 1 is 1.11 bits per heavy atom. The number of likely N-dealkylation sites (tertiary alicyclic amines) is 1. The normalized spacial score (nSPS) is 18.7. The van der Waals surface area contributed by atoms with Crippen molar-refractivity contribution in [2.24, 2.45) is 11.8 Å². The summed E-state index contributed by atoms with van der Waals surface area (Å²) in [6, 6.07) is 8.18. The molecule has 1 fully saturated rings. The van der Waals surface area contributed by atoms with Crippen molar-refractivity contribution in [3.8, 4) is 5.75 Å². The highest BCUT2D eigenvalue weighted by Gasteiger charge is 2.29. The number of carbonyl (C=O) groups is 1. The first-order valence-electron chi connectivity index (χ1n) is 12.9. The molecule has 3 heterocycles. The number of rotatable bonds is 13. The van der Waals surface area contributed by atoms with Gasteiger partial charge in [0.25, 0.3) is 0 Å². The van der Waals surface area contributed by atoms with Gasteiger partial charge >= 0.3 is 5.97 Å². The summed E-state index contributed by atoms with van der Waals surface area (Å²) < 4.78 is 5.42. The SMILES string of the molecule is COc1ccc2nccc(CCC[C@@H]3CCN(CCCCc4nccs4)C[C@@H]3CCC(=O)O)c2c1. The Morgan fingerprint density at radius 3 is 2.83 bits per heavy atom. The fourth-order valence-electron chi connectivity index (χ4n) is 5.45. The molecule has 0 amide bonds. The number of unbranched alkanes of at least 4 members (excludes halogenated alkanes) is 1. The number of carboxylic acids is 1. The second-order valence-electron chi connectivity index (χ2n) is 9.67. The molecule has 7 heteroatoms. The monoisotopic (exact) mass is 495 g/mol. The molecule has 2 atom stereocenters. The zero-order valence-corrected chi connectivity index (χ0v) is 21.5. The maximum Gasteiger partial charge on any atom is 0.303 e. The molecule has 4 rings (SSSR count). The number of piperidine rings is 1. The zero-order valence-electron chi connectivity index (χ0n) is 20.7. The number of aryl methyl sites for hydroxylation is 2. The molecule has 6 nitrogen and oxygen atoms in total. The van der Waals surface area contributed by atoms with E-state index in [1.807, 2.05) is 29.9 Å². The van der Waals surface area contributed by atoms with Crippen LogP contribution in [0.5, 0.6) is 5.75 Å². The van der Waals surface area contributed by atoms with Gasteiger partial charge in [0, 0.05) is 36.1 Å². The van der Waals surface area contributed by atoms with Crippen molar-refractivity contribution in [1.82, 2.24) is 14.9 Å². The van der Waals surface area contributed by atoms with Crippen molar-refractivity contribution in [2.75, 3.05) is 26.7 Å². The molecule has 188 valence electrons. The summed E-state index contributed by atoms with van der Waals surface area (Å²) in [4.78, 5) is 22.7. The van der Waals surface area contributed by atoms with Gasteiger partial charge in [-0.05, 0) is 106 Å². The van der Waals surface area contributed by atoms with Crippen LogP contribution >= 0.6 is 11.3 Å². The molecule has 1 aliphatic rings. The predicted octanol–water partition coefficient (Wildman–Crippen LogP) is 5.85. The van der Waals surface area contributed by atoms with Gasteiger partial charge in [0.15, 0.2) is 0 Å². The van der Waals surface area contributed by atoms with Gasteiger partial charge in [-0.2, -0.15) is 0 Å². The van der Waals surface area contributed by atoms with Gasteiger partial charge < -0.3 is 14.7 Å². The van der Waals surface area contributed by atoms with Crippen LogP contribution in [0.3, 0.4) is 0 Å². The second kappa shape index (κ2) is 13.0. The number of fused-ring (bicyclic) bond motifs is 1. The molecule has 0 radical (unpaired) electrons. The molecule has 0 bridgehead atoms. The molecule has 1 aliphatic heterocycles. The van der Waals surface area contributed by atoms with Crippen LogP contribution in [0.4, 0.5) is 0 Å². The van der Waals surface area contributed by atoms with Crippen LogP contribution in [0.25, 0.3) is 10.9 Å². The molecule has 3 aromatic rings. The molecular formula is C28H37N3O3S. The number of aliphatic carboxylic acids is 1. The van der Waals surface area contributed by atoms with Crippen LogP contribution in [-0.4, -0.2) is 52.7 Å². The minimum Gasteiger partial charge on any atom is -0.497 e. The highest BCUT2D eigenvalue weighted by Crippen LogP contribution is 2.32. The van der Waals surface area contributed by atoms with E-state index in [1.54, 1.807) is 18.4 Å². The Morgan fingerprint density at radius 2 is 2.03 bits per heavy atom. The number of nitrogens with zero attached hydrogens (tertiary/aromatic N) is 3. The largest absolute Gasteiger partial charge is 0.497 e. The molecular weight excluding hydrogens is 458 g/mol. The standard InChI is InChI=1S/C28H37N3O3S/c1-34-24-9-10-26-25(19-24)22(12-14-29-26)6-4-5-21-13-17-31(20-23(21)8-11-28(32)33)16-3-2-7-27-30-15-18-35-27/h9-10,12,14-15,18-19,21,23H,2-8,11,13,16-17,20H2,1H3,(H,32,33)/t21-,23+/m1/s1. The van der Waals surface area contributed by atoms with Crippen molar-refractivity contribution >= 4 is 28.2 Å². The van der Waals surface area contributed by atoms with Crippen LogP contribution in [0.2, 0.25) is 0 Å². The van der Waals surface area contributed by atoms with Crippen LogP contribution in [-0.2, 0) is 17.6 Å². The lowest BCUT2D eigenvalue weighted by Crippen LogP contribution is -2.41. The third-order valence-corrected chi connectivity index (χ3v) is 8.20. The minimum atomic E-state index is -0.679. The second-order valence-corrected chi connectivity index (χ2v) is 10.6. The fourth-order valence-corrected chi connectivity index (χ4v) is 6.11. The van der Waals surface area contributed by atoms with E-state index in [4.69, 9.17) is 4.74 Å². The Kier molecular flexibility index (Phi) is 9.49. The molecule has 1 N–H and O–H groups in total. The number of pyridine rings is 1. The molecule has 1 aromatic carbocycles. The molecule has 2 aromatic heterocycles. The van der Waals surface area contributed by atoms with Crippen LogP contribution in [0, 0.1) is 11.8 Å². The average molecular weight is 496 g/mol. The lowest BCUT2D eigenvalue weighted by atomic mass is 9.79. The maximum absolute atomic E-state index is 11.3. The van der Waals surface area contributed by atoms with Crippen LogP contribution in [0.1, 0.15) is 55.5 Å². The Balaban J connectivity index is 1.29. The zero-order chi connectivity index (χ0) is 24.5. The lowest BCUT2D eigenvalue weighted by molar-refractivity contribution is -0.137. The number of aromatic nitrogens is 2. The molecule has 0 aliphatic carbocycles. The number of methoxy groups -OCH3 is 1. The topological polar surface area (TPSA) is 75.5 Å². The van der Waals surface area contributed by atoms with E-state index in [0.717, 1.165) is 69.4 Å². The first-order chi connectivity index (χ1) is 17.1. The number of hydrogen-bond donors (Lipinski definition) is 1. The third-order valence-electron chi connectivity index (χ3n) is 7.36. The van der Waals surface area contributed by atoms with Gasteiger partial charge in [-0.25, -0.2) is 4.98 Å². The van der Waals surface area contributed by atoms with E-state index in [9.17, 15) is 9.90 Å². The van der Waals surface area contributed by atoms with Gasteiger partial charge in [0.1, 0.15) is 5.75 Å². The maximum atomic E-state index is 11.3. The Hall–Kier alpha value is -2.51. The van der Waals surface area contributed by atoms with Gasteiger partial charge in [-0.1, -0.05) is 0 Å². The molecule has 0 spiro atoms. The van der Waals surface area contributed by atoms with Gasteiger partial charge in [-0.3, -0.25) is 9.78 Å². The minimum absolute atomic E-state index is 0.272. The van der Waals surface area contributed by atoms with Crippen LogP contribution in [0.15, 0.2) is 42.0 Å². The van der Waals surface area contributed by atoms with Crippen molar-refractivity contribution in [3.63, 3.8) is 0 Å². The van der Waals surface area contributed by atoms with E-state index in [1.165, 1.54) is 28.8 Å². The summed E-state index contributed by atoms with van der Waals surface area (Å²) in [7, 11) is 1.70. The predicted molar refractivity (Wildman–Crippen MR) is 141 cm³/mol. The Labute approximate surface area is 212 Å². The molecule has 1 saturated heterocycles. The summed E-state index contributed by atoms with van der Waals surface area (Å²) in [6.45, 7) is 3.26. The van der Waals surface area contributed by atoms with Crippen molar-refractivity contribution in [1.29, 1.82) is 0 Å². The number of ether oxygens (including phenoxy) is 1.